The zero-order valence-electron chi connectivity index (χ0n) is 17.8. The average molecular weight is 452 g/mol. The first-order valence-electron chi connectivity index (χ1n) is 10.1. The lowest BCUT2D eigenvalue weighted by Gasteiger charge is -2.50. The van der Waals surface area contributed by atoms with E-state index in [2.05, 4.69) is 0 Å². The number of Topliss-reactive ketones (excluding diaryl/α,β-unsaturated/α-hetero) is 2. The number of primary amides is 1. The molecule has 0 spiro atoms. The fourth-order valence-electron chi connectivity index (χ4n) is 5.45. The van der Waals surface area contributed by atoms with E-state index in [4.69, 9.17) is 13.6 Å². The number of likely N-dealkylation sites (N-methyl/N-ethyl adjacent to an activating group) is 1. The van der Waals surface area contributed by atoms with Crippen LogP contribution in [0.3, 0.4) is 0 Å². The number of amides is 1. The van der Waals surface area contributed by atoms with E-state index in [1.807, 2.05) is 0 Å². The standard InChI is InChI=1S/C22H21BN2O8/c1-25(2)15-10-4-7-3-9-11(23)5-8(6-26)16(27)13(9)17(28)12(7)19(30)22(10,33)20(31)14(18(15)29)21(24)32/h5-7,10,15,27-28,31,33H,3-4H2,1-2H3,(H2,24,32)/t7-,10-,15-,22-/m0/s1. The predicted octanol–water partition coefficient (Wildman–Crippen LogP) is -1.43. The van der Waals surface area contributed by atoms with Crippen LogP contribution in [0.25, 0.3) is 5.76 Å². The molecule has 0 unspecified atom stereocenters. The Kier molecular flexibility index (Phi) is 5.03. The van der Waals surface area contributed by atoms with Crippen LogP contribution in [0.5, 0.6) is 5.75 Å². The summed E-state index contributed by atoms with van der Waals surface area (Å²) in [5.74, 6) is -7.59. The third kappa shape index (κ3) is 2.82. The molecule has 2 radical (unpaired) electrons. The number of aliphatic hydroxyl groups excluding tert-OH is 2. The molecular weight excluding hydrogens is 431 g/mol. The minimum Gasteiger partial charge on any atom is -0.508 e. The van der Waals surface area contributed by atoms with Crippen molar-refractivity contribution >= 4 is 42.8 Å². The van der Waals surface area contributed by atoms with Crippen LogP contribution in [0.15, 0.2) is 23.0 Å². The van der Waals surface area contributed by atoms with Crippen molar-refractivity contribution in [1.29, 1.82) is 0 Å². The molecule has 0 aliphatic heterocycles. The number of carbonyl (C=O) groups is 4. The van der Waals surface area contributed by atoms with Gasteiger partial charge < -0.3 is 26.2 Å². The van der Waals surface area contributed by atoms with Crippen molar-refractivity contribution in [2.75, 3.05) is 14.1 Å². The summed E-state index contributed by atoms with van der Waals surface area (Å²) in [5.41, 5.74) is 1.37. The van der Waals surface area contributed by atoms with Gasteiger partial charge in [0.15, 0.2) is 17.7 Å². The van der Waals surface area contributed by atoms with Crippen LogP contribution in [-0.4, -0.2) is 82.7 Å². The van der Waals surface area contributed by atoms with Gasteiger partial charge in [-0.1, -0.05) is 11.5 Å². The second-order valence-corrected chi connectivity index (χ2v) is 8.84. The molecule has 4 rings (SSSR count). The van der Waals surface area contributed by atoms with Gasteiger partial charge in [0.05, 0.1) is 17.2 Å². The molecule has 6 N–H and O–H groups in total. The van der Waals surface area contributed by atoms with E-state index in [9.17, 15) is 39.6 Å². The molecule has 1 aromatic carbocycles. The fraction of sp³-hybridized carbons (Fsp3) is 0.364. The highest BCUT2D eigenvalue weighted by molar-refractivity contribution is 6.34. The first-order chi connectivity index (χ1) is 15.4. The smallest absolute Gasteiger partial charge is 0.255 e. The summed E-state index contributed by atoms with van der Waals surface area (Å²) >= 11 is 0. The summed E-state index contributed by atoms with van der Waals surface area (Å²) in [6.45, 7) is 0. The highest BCUT2D eigenvalue weighted by atomic mass is 16.3. The second-order valence-electron chi connectivity index (χ2n) is 8.84. The van der Waals surface area contributed by atoms with Crippen molar-refractivity contribution in [3.8, 4) is 5.75 Å². The zero-order valence-corrected chi connectivity index (χ0v) is 17.8. The lowest BCUT2D eigenvalue weighted by Crippen LogP contribution is -2.65. The molecule has 0 aromatic heterocycles. The minimum atomic E-state index is -2.71. The number of aromatic hydroxyl groups is 1. The molecule has 3 aliphatic rings. The number of aldehydes is 1. The Labute approximate surface area is 189 Å². The van der Waals surface area contributed by atoms with Gasteiger partial charge in [0, 0.05) is 11.5 Å². The van der Waals surface area contributed by atoms with Crippen LogP contribution in [0, 0.1) is 11.8 Å². The lowest BCUT2D eigenvalue weighted by atomic mass is 9.57. The Morgan fingerprint density at radius 2 is 1.91 bits per heavy atom. The van der Waals surface area contributed by atoms with E-state index in [1.165, 1.54) is 25.1 Å². The van der Waals surface area contributed by atoms with Crippen molar-refractivity contribution in [3.63, 3.8) is 0 Å². The van der Waals surface area contributed by atoms with Gasteiger partial charge in [0.1, 0.15) is 30.7 Å². The molecule has 0 heterocycles. The number of phenolic OH excluding ortho intramolecular Hbond substituents is 1. The molecule has 3 aliphatic carbocycles. The molecule has 1 fully saturated rings. The molecule has 1 aromatic rings. The number of aliphatic hydroxyl groups is 3. The molecule has 10 nitrogen and oxygen atoms in total. The van der Waals surface area contributed by atoms with Gasteiger partial charge in [-0.05, 0) is 38.4 Å². The molecule has 0 saturated heterocycles. The number of rotatable bonds is 3. The third-order valence-electron chi connectivity index (χ3n) is 6.91. The summed E-state index contributed by atoms with van der Waals surface area (Å²) in [4.78, 5) is 51.2. The van der Waals surface area contributed by atoms with Gasteiger partial charge in [0.25, 0.3) is 5.91 Å². The highest BCUT2D eigenvalue weighted by Gasteiger charge is 2.64. The first kappa shape index (κ1) is 22.7. The summed E-state index contributed by atoms with van der Waals surface area (Å²) < 4.78 is 0. The number of carbonyl (C=O) groups excluding carboxylic acids is 4. The zero-order chi connectivity index (χ0) is 24.6. The third-order valence-corrected chi connectivity index (χ3v) is 6.91. The van der Waals surface area contributed by atoms with Crippen LogP contribution in [0.1, 0.15) is 27.9 Å². The molecule has 11 heteroatoms. The molecule has 1 amide bonds. The van der Waals surface area contributed by atoms with E-state index in [1.54, 1.807) is 0 Å². The number of nitrogens with zero attached hydrogens (tertiary/aromatic N) is 1. The molecule has 33 heavy (non-hydrogen) atoms. The monoisotopic (exact) mass is 452 g/mol. The molecule has 1 saturated carbocycles. The van der Waals surface area contributed by atoms with Gasteiger partial charge in [-0.15, -0.1) is 0 Å². The minimum absolute atomic E-state index is 0.0403. The summed E-state index contributed by atoms with van der Waals surface area (Å²) in [6, 6.07) is 0.0894. The van der Waals surface area contributed by atoms with Gasteiger partial charge >= 0.3 is 0 Å². The average Bonchev–Trinajstić information content (AvgIpc) is 2.72. The Bertz CT molecular complexity index is 1220. The molecule has 170 valence electrons. The highest BCUT2D eigenvalue weighted by Crippen LogP contribution is 2.52. The topological polar surface area (TPSA) is 178 Å². The van der Waals surface area contributed by atoms with Crippen molar-refractivity contribution in [2.24, 2.45) is 17.6 Å². The van der Waals surface area contributed by atoms with Gasteiger partial charge in [-0.25, -0.2) is 0 Å². The van der Waals surface area contributed by atoms with Gasteiger partial charge in [-0.3, -0.25) is 24.1 Å². The van der Waals surface area contributed by atoms with Crippen LogP contribution in [-0.2, 0) is 20.8 Å². The molecule has 0 bridgehead atoms. The number of fused-ring (bicyclic) bond motifs is 3. The second kappa shape index (κ2) is 7.29. The summed E-state index contributed by atoms with van der Waals surface area (Å²) in [7, 11) is 9.07. The maximum absolute atomic E-state index is 13.6. The van der Waals surface area contributed by atoms with E-state index in [0.29, 0.717) is 11.8 Å². The number of ketones is 2. The Hall–Kier alpha value is -3.44. The number of hydrogen-bond donors (Lipinski definition) is 5. The number of hydrogen-bond acceptors (Lipinski definition) is 9. The maximum Gasteiger partial charge on any atom is 0.255 e. The number of nitrogens with two attached hydrogens (primary N) is 1. The van der Waals surface area contributed by atoms with Crippen molar-refractivity contribution in [3.05, 3.63) is 39.7 Å². The molecule has 4 atom stereocenters. The fourth-order valence-corrected chi connectivity index (χ4v) is 5.45. The van der Waals surface area contributed by atoms with Crippen LogP contribution >= 0.6 is 0 Å². The van der Waals surface area contributed by atoms with Crippen LogP contribution in [0.4, 0.5) is 0 Å². The Balaban J connectivity index is 2.01. The lowest BCUT2D eigenvalue weighted by molar-refractivity contribution is -0.153. The van der Waals surface area contributed by atoms with E-state index >= 15 is 0 Å². The van der Waals surface area contributed by atoms with E-state index < -0.39 is 63.8 Å². The Morgan fingerprint density at radius 3 is 2.45 bits per heavy atom. The van der Waals surface area contributed by atoms with Gasteiger partial charge in [0.2, 0.25) is 5.78 Å². The summed E-state index contributed by atoms with van der Waals surface area (Å²) in [5, 5.41) is 43.7. The van der Waals surface area contributed by atoms with Crippen LogP contribution in [0.2, 0.25) is 0 Å². The van der Waals surface area contributed by atoms with Crippen molar-refractivity contribution in [2.45, 2.75) is 24.5 Å². The van der Waals surface area contributed by atoms with Crippen molar-refractivity contribution < 1.29 is 39.6 Å². The van der Waals surface area contributed by atoms with Crippen LogP contribution < -0.4 is 11.2 Å². The number of phenols is 1. The SMILES string of the molecule is [B]c1cc(C=O)c(O)c2c1C[C@H]1C[C@H]3[C@H](N(C)C)C(=O)C(C(N)=O)=C(O)[C@@]3(O)C(=O)C1=C2O. The van der Waals surface area contributed by atoms with E-state index in [-0.39, 0.29) is 35.0 Å². The van der Waals surface area contributed by atoms with E-state index in [0.717, 1.165) is 0 Å². The van der Waals surface area contributed by atoms with Crippen molar-refractivity contribution in [1.82, 2.24) is 4.90 Å². The maximum atomic E-state index is 13.6. The first-order valence-corrected chi connectivity index (χ1v) is 10.1. The number of benzene rings is 1. The quantitative estimate of drug-likeness (QED) is 0.209. The molecular formula is C22H21BN2O8. The Morgan fingerprint density at radius 1 is 1.27 bits per heavy atom. The largest absolute Gasteiger partial charge is 0.508 e. The predicted molar refractivity (Wildman–Crippen MR) is 115 cm³/mol. The van der Waals surface area contributed by atoms with Gasteiger partial charge in [-0.2, -0.15) is 0 Å². The summed E-state index contributed by atoms with van der Waals surface area (Å²) in [6.07, 6.45) is 0.360. The normalized spacial score (nSPS) is 29.0.